The molecule has 0 N–H and O–H groups in total. The minimum absolute atomic E-state index is 0.0363. The number of ether oxygens (including phenoxy) is 1. The number of sulfone groups is 1. The average Bonchev–Trinajstić information content (AvgIpc) is 3.03. The first-order valence-corrected chi connectivity index (χ1v) is 10.7. The number of nitrogens with zero attached hydrogens (tertiary/aromatic N) is 2. The third-order valence-corrected chi connectivity index (χ3v) is 5.50. The summed E-state index contributed by atoms with van der Waals surface area (Å²) < 4.78 is 28.8. The topological polar surface area (TPSA) is 85.7 Å². The molecule has 0 saturated carbocycles. The van der Waals surface area contributed by atoms with E-state index in [0.717, 1.165) is 16.7 Å². The van der Waals surface area contributed by atoms with Crippen molar-refractivity contribution in [2.24, 2.45) is 4.99 Å². The predicted octanol–water partition coefficient (Wildman–Crippen LogP) is 2.32. The number of Topliss-reactive ketones (excluding diaryl/α,β-unsaturated/α-hetero) is 1. The van der Waals surface area contributed by atoms with Gasteiger partial charge in [-0.25, -0.2) is 13.4 Å². The van der Waals surface area contributed by atoms with Gasteiger partial charge < -0.3 is 4.74 Å². The van der Waals surface area contributed by atoms with Crippen molar-refractivity contribution in [1.29, 1.82) is 0 Å². The van der Waals surface area contributed by atoms with Gasteiger partial charge in [0, 0.05) is 36.9 Å². The molecule has 1 aromatic heterocycles. The van der Waals surface area contributed by atoms with Gasteiger partial charge in [-0.2, -0.15) is 0 Å². The van der Waals surface area contributed by atoms with Crippen molar-refractivity contribution in [2.75, 3.05) is 19.1 Å². The fraction of sp³-hybridized carbons (Fsp3) is 0.350. The molecule has 1 aliphatic rings. The van der Waals surface area contributed by atoms with Gasteiger partial charge in [0.2, 0.25) is 5.90 Å². The van der Waals surface area contributed by atoms with Gasteiger partial charge in [0.25, 0.3) is 0 Å². The van der Waals surface area contributed by atoms with Crippen LogP contribution in [0.2, 0.25) is 0 Å². The van der Waals surface area contributed by atoms with E-state index in [1.165, 1.54) is 6.26 Å². The number of fused-ring (bicyclic) bond motifs is 1. The summed E-state index contributed by atoms with van der Waals surface area (Å²) in [7, 11) is -1.64. The third-order valence-electron chi connectivity index (χ3n) is 4.49. The second-order valence-electron chi connectivity index (χ2n) is 6.78. The van der Waals surface area contributed by atoms with E-state index >= 15 is 0 Å². The quantitative estimate of drug-likeness (QED) is 0.729. The number of ketones is 1. The van der Waals surface area contributed by atoms with Crippen LogP contribution in [-0.4, -0.2) is 44.2 Å². The molecule has 142 valence electrons. The molecule has 0 radical (unpaired) electrons. The lowest BCUT2D eigenvalue weighted by Gasteiger charge is -2.16. The van der Waals surface area contributed by atoms with E-state index in [4.69, 9.17) is 4.74 Å². The van der Waals surface area contributed by atoms with E-state index in [1.54, 1.807) is 13.3 Å². The van der Waals surface area contributed by atoms with Crippen molar-refractivity contribution in [2.45, 2.75) is 25.3 Å². The van der Waals surface area contributed by atoms with Crippen molar-refractivity contribution in [1.82, 2.24) is 4.98 Å². The number of aliphatic imine (C=N–C) groups is 1. The lowest BCUT2D eigenvalue weighted by atomic mass is 9.94. The molecular weight excluding hydrogens is 364 g/mol. The first-order valence-electron chi connectivity index (χ1n) is 8.66. The Hall–Kier alpha value is -2.54. The van der Waals surface area contributed by atoms with Gasteiger partial charge in [-0.1, -0.05) is 30.3 Å². The van der Waals surface area contributed by atoms with E-state index in [1.807, 2.05) is 36.4 Å². The first-order chi connectivity index (χ1) is 12.9. The molecular formula is C20H22N2O4S. The van der Waals surface area contributed by atoms with E-state index in [0.29, 0.717) is 18.1 Å². The maximum Gasteiger partial charge on any atom is 0.218 e. The molecule has 6 nitrogen and oxygen atoms in total. The average molecular weight is 386 g/mol. The standard InChI is InChI=1S/C20H22N2O4S/c1-26-20-19-12-21-17(8-15(19)11-22-20)10-18(23)9-16(13-27(2,24)25)14-6-4-3-5-7-14/h3-8,12,16H,9-11,13H2,1-2H3/t16-/m1/s1. The molecule has 1 aromatic carbocycles. The van der Waals surface area contributed by atoms with Crippen molar-refractivity contribution >= 4 is 21.5 Å². The minimum Gasteiger partial charge on any atom is -0.481 e. The van der Waals surface area contributed by atoms with Crippen LogP contribution >= 0.6 is 0 Å². The monoisotopic (exact) mass is 386 g/mol. The summed E-state index contributed by atoms with van der Waals surface area (Å²) in [5.74, 6) is 0.121. The molecule has 3 rings (SSSR count). The molecule has 7 heteroatoms. The number of carbonyl (C=O) groups excluding carboxylic acids is 1. The Morgan fingerprint density at radius 1 is 1.26 bits per heavy atom. The van der Waals surface area contributed by atoms with Gasteiger partial charge in [0.15, 0.2) is 0 Å². The Kier molecular flexibility index (Phi) is 5.70. The highest BCUT2D eigenvalue weighted by Gasteiger charge is 2.22. The Morgan fingerprint density at radius 2 is 2.00 bits per heavy atom. The zero-order valence-electron chi connectivity index (χ0n) is 15.4. The molecule has 1 atom stereocenters. The fourth-order valence-electron chi connectivity index (χ4n) is 3.30. The molecule has 0 bridgehead atoms. The van der Waals surface area contributed by atoms with Crippen molar-refractivity contribution in [3.05, 3.63) is 65.0 Å². The van der Waals surface area contributed by atoms with Crippen molar-refractivity contribution < 1.29 is 17.9 Å². The molecule has 1 aliphatic heterocycles. The van der Waals surface area contributed by atoms with E-state index < -0.39 is 9.84 Å². The van der Waals surface area contributed by atoms with Gasteiger partial charge in [-0.05, 0) is 17.2 Å². The summed E-state index contributed by atoms with van der Waals surface area (Å²) in [6.07, 6.45) is 3.21. The number of aromatic nitrogens is 1. The van der Waals surface area contributed by atoms with Crippen LogP contribution < -0.4 is 0 Å². The number of hydrogen-bond acceptors (Lipinski definition) is 6. The first kappa shape index (κ1) is 19.2. The Balaban J connectivity index is 1.72. The molecule has 0 saturated heterocycles. The van der Waals surface area contributed by atoms with Crippen LogP contribution in [0.5, 0.6) is 0 Å². The number of hydrogen-bond donors (Lipinski definition) is 0. The molecule has 2 heterocycles. The van der Waals surface area contributed by atoms with Gasteiger partial charge in [0.05, 0.1) is 25.0 Å². The van der Waals surface area contributed by atoms with Gasteiger partial charge in [-0.3, -0.25) is 9.78 Å². The smallest absolute Gasteiger partial charge is 0.218 e. The summed E-state index contributed by atoms with van der Waals surface area (Å²) in [6, 6.07) is 11.2. The van der Waals surface area contributed by atoms with Crippen LogP contribution in [0.4, 0.5) is 0 Å². The van der Waals surface area contributed by atoms with Crippen LogP contribution in [0.15, 0.2) is 47.6 Å². The maximum atomic E-state index is 12.6. The van der Waals surface area contributed by atoms with Crippen LogP contribution in [0.1, 0.15) is 34.7 Å². The Labute approximate surface area is 159 Å². The number of benzene rings is 1. The zero-order chi connectivity index (χ0) is 19.4. The Morgan fingerprint density at radius 3 is 2.67 bits per heavy atom. The summed E-state index contributed by atoms with van der Waals surface area (Å²) >= 11 is 0. The molecule has 2 aromatic rings. The minimum atomic E-state index is -3.20. The van der Waals surface area contributed by atoms with E-state index in [9.17, 15) is 13.2 Å². The molecule has 0 unspecified atom stereocenters. The number of pyridine rings is 1. The molecule has 0 aliphatic carbocycles. The number of methoxy groups -OCH3 is 1. The predicted molar refractivity (Wildman–Crippen MR) is 104 cm³/mol. The molecule has 0 fully saturated rings. The largest absolute Gasteiger partial charge is 0.481 e. The summed E-state index contributed by atoms with van der Waals surface area (Å²) in [4.78, 5) is 21.2. The highest BCUT2D eigenvalue weighted by molar-refractivity contribution is 7.90. The lowest BCUT2D eigenvalue weighted by molar-refractivity contribution is -0.118. The number of rotatable bonds is 7. The normalized spacial score (nSPS) is 14.4. The highest BCUT2D eigenvalue weighted by atomic mass is 32.2. The molecule has 0 amide bonds. The second-order valence-corrected chi connectivity index (χ2v) is 8.96. The van der Waals surface area contributed by atoms with Crippen molar-refractivity contribution in [3.63, 3.8) is 0 Å². The number of carbonyl (C=O) groups is 1. The zero-order valence-corrected chi connectivity index (χ0v) is 16.2. The van der Waals surface area contributed by atoms with Crippen LogP contribution in [-0.2, 0) is 32.3 Å². The Bertz CT molecular complexity index is 969. The van der Waals surface area contributed by atoms with Crippen LogP contribution in [0, 0.1) is 0 Å². The van der Waals surface area contributed by atoms with E-state index in [-0.39, 0.29) is 30.3 Å². The second kappa shape index (κ2) is 8.00. The van der Waals surface area contributed by atoms with Gasteiger partial charge >= 0.3 is 0 Å². The van der Waals surface area contributed by atoms with Crippen molar-refractivity contribution in [3.8, 4) is 0 Å². The van der Waals surface area contributed by atoms with Gasteiger partial charge in [0.1, 0.15) is 15.6 Å². The molecule has 0 spiro atoms. The highest BCUT2D eigenvalue weighted by Crippen LogP contribution is 2.24. The molecule has 27 heavy (non-hydrogen) atoms. The third kappa shape index (κ3) is 5.01. The SMILES string of the molecule is COC1=NCc2cc(CC(=O)C[C@H](CS(C)(=O)=O)c3ccccc3)ncc21. The summed E-state index contributed by atoms with van der Waals surface area (Å²) in [5.41, 5.74) is 3.36. The van der Waals surface area contributed by atoms with E-state index in [2.05, 4.69) is 9.98 Å². The van der Waals surface area contributed by atoms with Crippen LogP contribution in [0.25, 0.3) is 0 Å². The van der Waals surface area contributed by atoms with Gasteiger partial charge in [-0.15, -0.1) is 0 Å². The summed E-state index contributed by atoms with van der Waals surface area (Å²) in [5, 5.41) is 0. The lowest BCUT2D eigenvalue weighted by Crippen LogP contribution is -2.18. The summed E-state index contributed by atoms with van der Waals surface area (Å²) in [6.45, 7) is 0.517. The fourth-order valence-corrected chi connectivity index (χ4v) is 4.34. The maximum absolute atomic E-state index is 12.6. The van der Waals surface area contributed by atoms with Crippen LogP contribution in [0.3, 0.4) is 0 Å².